The lowest BCUT2D eigenvalue weighted by Gasteiger charge is -2.18. The number of nitrogens with zero attached hydrogens (tertiary/aromatic N) is 1. The molecule has 0 aliphatic carbocycles. The van der Waals surface area contributed by atoms with Crippen molar-refractivity contribution in [2.75, 3.05) is 25.0 Å². The largest absolute Gasteiger partial charge is 0.343 e. The normalized spacial score (nSPS) is 11.3. The molecule has 0 aliphatic heterocycles. The van der Waals surface area contributed by atoms with Gasteiger partial charge >= 0.3 is 0 Å². The van der Waals surface area contributed by atoms with E-state index < -0.39 is 15.9 Å². The Morgan fingerprint density at radius 2 is 1.69 bits per heavy atom. The molecule has 29 heavy (non-hydrogen) atoms. The Morgan fingerprint density at radius 1 is 1.00 bits per heavy atom. The van der Waals surface area contributed by atoms with Crippen LogP contribution in [0, 0.1) is 13.8 Å². The first kappa shape index (κ1) is 22.6. The summed E-state index contributed by atoms with van der Waals surface area (Å²) in [5.74, 6) is -0.880. The highest BCUT2D eigenvalue weighted by atomic mass is 32.2. The van der Waals surface area contributed by atoms with Gasteiger partial charge in [-0.25, -0.2) is 8.42 Å². The van der Waals surface area contributed by atoms with E-state index in [9.17, 15) is 18.0 Å². The molecule has 0 atom stereocenters. The summed E-state index contributed by atoms with van der Waals surface area (Å²) in [5.41, 5.74) is 2.88. The monoisotopic (exact) mass is 417 g/mol. The maximum atomic E-state index is 12.6. The Hall–Kier alpha value is -2.71. The number of carbonyl (C=O) groups is 2. The van der Waals surface area contributed by atoms with Crippen LogP contribution in [-0.2, 0) is 14.8 Å². The van der Waals surface area contributed by atoms with Gasteiger partial charge in [-0.2, -0.15) is 4.31 Å². The van der Waals surface area contributed by atoms with Gasteiger partial charge in [-0.15, -0.1) is 0 Å². The predicted octanol–water partition coefficient (Wildman–Crippen LogP) is 2.70. The number of nitrogens with one attached hydrogen (secondary N) is 2. The minimum absolute atomic E-state index is 0.0496. The fourth-order valence-electron chi connectivity index (χ4n) is 2.92. The van der Waals surface area contributed by atoms with Crippen molar-refractivity contribution in [2.24, 2.45) is 0 Å². The molecule has 0 radical (unpaired) electrons. The zero-order chi connectivity index (χ0) is 21.6. The van der Waals surface area contributed by atoms with E-state index in [4.69, 9.17) is 0 Å². The topological polar surface area (TPSA) is 95.6 Å². The number of aryl methyl sites for hydroxylation is 2. The fraction of sp³-hybridized carbons (Fsp3) is 0.333. The van der Waals surface area contributed by atoms with Gasteiger partial charge in [0.1, 0.15) is 0 Å². The minimum Gasteiger partial charge on any atom is -0.343 e. The molecule has 156 valence electrons. The van der Waals surface area contributed by atoms with Crippen LogP contribution in [0.1, 0.15) is 35.3 Å². The van der Waals surface area contributed by atoms with Crippen LogP contribution in [0.5, 0.6) is 0 Å². The lowest BCUT2D eigenvalue weighted by molar-refractivity contribution is -0.115. The van der Waals surface area contributed by atoms with Crippen molar-refractivity contribution in [2.45, 2.75) is 32.6 Å². The van der Waals surface area contributed by atoms with Crippen LogP contribution in [0.15, 0.2) is 47.4 Å². The molecule has 8 heteroatoms. The summed E-state index contributed by atoms with van der Waals surface area (Å²) in [7, 11) is -3.66. The van der Waals surface area contributed by atoms with Gasteiger partial charge in [0.2, 0.25) is 15.9 Å². The van der Waals surface area contributed by atoms with E-state index in [-0.39, 0.29) is 22.9 Å². The van der Waals surface area contributed by atoms with Gasteiger partial charge < -0.3 is 10.6 Å². The van der Waals surface area contributed by atoms with Crippen molar-refractivity contribution in [1.29, 1.82) is 0 Å². The molecule has 0 saturated carbocycles. The Kier molecular flexibility index (Phi) is 7.53. The molecule has 2 N–H and O–H groups in total. The van der Waals surface area contributed by atoms with Crippen molar-refractivity contribution in [1.82, 2.24) is 9.62 Å². The number of carbonyl (C=O) groups excluding carboxylic acids is 2. The van der Waals surface area contributed by atoms with E-state index in [1.165, 1.54) is 28.6 Å². The molecule has 0 aromatic heterocycles. The lowest BCUT2D eigenvalue weighted by Crippen LogP contribution is -2.33. The standard InChI is InChI=1S/C21H27N3O4S/c1-5-24(6-2)29(27,28)18-9-7-8-17(13-18)21(26)22-14-20(25)23-19-11-10-15(3)12-16(19)4/h7-13H,5-6,14H2,1-4H3,(H,22,26)(H,23,25). The first-order valence-corrected chi connectivity index (χ1v) is 10.9. The van der Waals surface area contributed by atoms with Gasteiger partial charge in [0.25, 0.3) is 5.91 Å². The number of rotatable bonds is 8. The van der Waals surface area contributed by atoms with E-state index in [1.807, 2.05) is 32.0 Å². The highest BCUT2D eigenvalue weighted by Gasteiger charge is 2.22. The van der Waals surface area contributed by atoms with Crippen LogP contribution in [0.2, 0.25) is 0 Å². The van der Waals surface area contributed by atoms with Gasteiger partial charge in [0.15, 0.2) is 0 Å². The predicted molar refractivity (Wildman–Crippen MR) is 113 cm³/mol. The maximum absolute atomic E-state index is 12.6. The molecule has 2 amide bonds. The Morgan fingerprint density at radius 3 is 2.31 bits per heavy atom. The molecule has 2 aromatic rings. The summed E-state index contributed by atoms with van der Waals surface area (Å²) in [6.07, 6.45) is 0. The molecule has 0 spiro atoms. The third kappa shape index (κ3) is 5.65. The summed E-state index contributed by atoms with van der Waals surface area (Å²) in [5, 5.41) is 5.28. The van der Waals surface area contributed by atoms with Gasteiger partial charge in [-0.05, 0) is 43.7 Å². The third-order valence-electron chi connectivity index (χ3n) is 4.50. The quantitative estimate of drug-likeness (QED) is 0.690. The molecular weight excluding hydrogens is 390 g/mol. The van der Waals surface area contributed by atoms with E-state index >= 15 is 0 Å². The van der Waals surface area contributed by atoms with E-state index in [1.54, 1.807) is 13.8 Å². The summed E-state index contributed by atoms with van der Waals surface area (Å²) >= 11 is 0. The first-order chi connectivity index (χ1) is 13.7. The number of hydrogen-bond donors (Lipinski definition) is 2. The van der Waals surface area contributed by atoms with Gasteiger partial charge in [0, 0.05) is 24.3 Å². The van der Waals surface area contributed by atoms with Crippen LogP contribution < -0.4 is 10.6 Å². The molecular formula is C21H27N3O4S. The highest BCUT2D eigenvalue weighted by molar-refractivity contribution is 7.89. The Labute approximate surface area is 172 Å². The zero-order valence-corrected chi connectivity index (χ0v) is 18.0. The first-order valence-electron chi connectivity index (χ1n) is 9.44. The molecule has 0 saturated heterocycles. The summed E-state index contributed by atoms with van der Waals surface area (Å²) in [4.78, 5) is 24.6. The third-order valence-corrected chi connectivity index (χ3v) is 6.55. The average Bonchev–Trinajstić information content (AvgIpc) is 2.69. The second kappa shape index (κ2) is 9.67. The van der Waals surface area contributed by atoms with E-state index in [2.05, 4.69) is 10.6 Å². The molecule has 2 rings (SSSR count). The van der Waals surface area contributed by atoms with Gasteiger partial charge in [-0.3, -0.25) is 9.59 Å². The zero-order valence-electron chi connectivity index (χ0n) is 17.2. The second-order valence-corrected chi connectivity index (χ2v) is 8.60. The fourth-order valence-corrected chi connectivity index (χ4v) is 4.43. The number of sulfonamides is 1. The molecule has 0 aliphatic rings. The molecule has 2 aromatic carbocycles. The highest BCUT2D eigenvalue weighted by Crippen LogP contribution is 2.17. The van der Waals surface area contributed by atoms with Gasteiger partial charge in [-0.1, -0.05) is 37.6 Å². The van der Waals surface area contributed by atoms with Crippen molar-refractivity contribution in [3.8, 4) is 0 Å². The van der Waals surface area contributed by atoms with Crippen LogP contribution in [0.4, 0.5) is 5.69 Å². The van der Waals surface area contributed by atoms with Crippen molar-refractivity contribution >= 4 is 27.5 Å². The molecule has 0 bridgehead atoms. The van der Waals surface area contributed by atoms with Crippen LogP contribution in [0.25, 0.3) is 0 Å². The number of hydrogen-bond acceptors (Lipinski definition) is 4. The van der Waals surface area contributed by atoms with Crippen molar-refractivity contribution in [3.63, 3.8) is 0 Å². The molecule has 0 fully saturated rings. The maximum Gasteiger partial charge on any atom is 0.251 e. The SMILES string of the molecule is CCN(CC)S(=O)(=O)c1cccc(C(=O)NCC(=O)Nc2ccc(C)cc2C)c1. The van der Waals surface area contributed by atoms with Crippen molar-refractivity contribution < 1.29 is 18.0 Å². The summed E-state index contributed by atoms with van der Waals surface area (Å²) in [6, 6.07) is 11.5. The number of anilines is 1. The smallest absolute Gasteiger partial charge is 0.251 e. The Bertz CT molecular complexity index is 999. The van der Waals surface area contributed by atoms with Crippen molar-refractivity contribution in [3.05, 3.63) is 59.2 Å². The molecule has 0 heterocycles. The van der Waals surface area contributed by atoms with Gasteiger partial charge in [0.05, 0.1) is 11.4 Å². The Balaban J connectivity index is 2.05. The number of benzene rings is 2. The van der Waals surface area contributed by atoms with E-state index in [0.29, 0.717) is 18.8 Å². The summed E-state index contributed by atoms with van der Waals surface area (Å²) < 4.78 is 26.6. The second-order valence-electron chi connectivity index (χ2n) is 6.67. The lowest BCUT2D eigenvalue weighted by atomic mass is 10.1. The minimum atomic E-state index is -3.66. The van der Waals surface area contributed by atoms with E-state index in [0.717, 1.165) is 11.1 Å². The molecule has 7 nitrogen and oxygen atoms in total. The average molecular weight is 418 g/mol. The van der Waals surface area contributed by atoms with Crippen LogP contribution in [0.3, 0.4) is 0 Å². The number of amides is 2. The molecule has 0 unspecified atom stereocenters. The van der Waals surface area contributed by atoms with Crippen LogP contribution in [-0.4, -0.2) is 44.2 Å². The summed E-state index contributed by atoms with van der Waals surface area (Å²) in [6.45, 7) is 7.83. The van der Waals surface area contributed by atoms with Crippen LogP contribution >= 0.6 is 0 Å².